The molecule has 1 fully saturated rings. The molecule has 1 saturated heterocycles. The van der Waals surface area contributed by atoms with Crippen LogP contribution in [-0.4, -0.2) is 29.6 Å². The van der Waals surface area contributed by atoms with Gasteiger partial charge in [0.25, 0.3) is 0 Å². The standard InChI is InChI=1S/C14H30N2/c1-4-9-13-10-7-8-11-16(13)12-14(15,5-2)6-3/h13H,4-12,15H2,1-3H3. The van der Waals surface area contributed by atoms with Crippen LogP contribution in [-0.2, 0) is 0 Å². The number of hydrogen-bond donors (Lipinski definition) is 1. The monoisotopic (exact) mass is 226 g/mol. The third-order valence-electron chi connectivity index (χ3n) is 4.30. The van der Waals surface area contributed by atoms with E-state index in [1.54, 1.807) is 0 Å². The molecule has 96 valence electrons. The molecule has 2 N–H and O–H groups in total. The summed E-state index contributed by atoms with van der Waals surface area (Å²) in [6.07, 6.45) is 9.01. The van der Waals surface area contributed by atoms with Crippen molar-refractivity contribution in [3.8, 4) is 0 Å². The highest BCUT2D eigenvalue weighted by Gasteiger charge is 2.29. The van der Waals surface area contributed by atoms with Crippen LogP contribution < -0.4 is 5.73 Å². The van der Waals surface area contributed by atoms with Crippen molar-refractivity contribution in [1.29, 1.82) is 0 Å². The van der Waals surface area contributed by atoms with Crippen molar-refractivity contribution in [3.63, 3.8) is 0 Å². The Hall–Kier alpha value is -0.0800. The van der Waals surface area contributed by atoms with Crippen LogP contribution in [0, 0.1) is 0 Å². The van der Waals surface area contributed by atoms with Gasteiger partial charge in [0.2, 0.25) is 0 Å². The SMILES string of the molecule is CCCC1CCCCN1CC(N)(CC)CC. The Morgan fingerprint density at radius 2 is 1.88 bits per heavy atom. The summed E-state index contributed by atoms with van der Waals surface area (Å²) in [6, 6.07) is 0.805. The topological polar surface area (TPSA) is 29.3 Å². The minimum atomic E-state index is 0.0450. The molecule has 0 aromatic rings. The molecule has 0 aliphatic carbocycles. The minimum absolute atomic E-state index is 0.0450. The zero-order valence-corrected chi connectivity index (χ0v) is 11.5. The van der Waals surface area contributed by atoms with E-state index in [9.17, 15) is 0 Å². The lowest BCUT2D eigenvalue weighted by molar-refractivity contribution is 0.104. The Labute approximate surface area is 102 Å². The number of piperidine rings is 1. The van der Waals surface area contributed by atoms with Gasteiger partial charge in [-0.25, -0.2) is 0 Å². The normalized spacial score (nSPS) is 23.6. The van der Waals surface area contributed by atoms with Crippen molar-refractivity contribution < 1.29 is 0 Å². The van der Waals surface area contributed by atoms with Gasteiger partial charge in [0.1, 0.15) is 0 Å². The van der Waals surface area contributed by atoms with Gasteiger partial charge >= 0.3 is 0 Å². The van der Waals surface area contributed by atoms with E-state index in [2.05, 4.69) is 25.7 Å². The number of likely N-dealkylation sites (tertiary alicyclic amines) is 1. The van der Waals surface area contributed by atoms with Gasteiger partial charge in [0.05, 0.1) is 0 Å². The van der Waals surface area contributed by atoms with Crippen LogP contribution in [0.15, 0.2) is 0 Å². The largest absolute Gasteiger partial charge is 0.324 e. The van der Waals surface area contributed by atoms with Gasteiger partial charge in [-0.3, -0.25) is 4.90 Å². The Morgan fingerprint density at radius 1 is 1.19 bits per heavy atom. The lowest BCUT2D eigenvalue weighted by Gasteiger charge is -2.41. The summed E-state index contributed by atoms with van der Waals surface area (Å²) in [5.41, 5.74) is 6.49. The molecule has 1 unspecified atom stereocenters. The molecule has 16 heavy (non-hydrogen) atoms. The smallest absolute Gasteiger partial charge is 0.0278 e. The van der Waals surface area contributed by atoms with Crippen LogP contribution in [0.5, 0.6) is 0 Å². The second-order valence-corrected chi connectivity index (χ2v) is 5.48. The highest BCUT2D eigenvalue weighted by atomic mass is 15.2. The lowest BCUT2D eigenvalue weighted by Crippen LogP contribution is -2.53. The van der Waals surface area contributed by atoms with Gasteiger partial charge in [-0.2, -0.15) is 0 Å². The van der Waals surface area contributed by atoms with Crippen LogP contribution >= 0.6 is 0 Å². The highest BCUT2D eigenvalue weighted by molar-refractivity contribution is 4.88. The summed E-state index contributed by atoms with van der Waals surface area (Å²) in [4.78, 5) is 2.67. The van der Waals surface area contributed by atoms with Gasteiger partial charge in [-0.05, 0) is 38.6 Å². The van der Waals surface area contributed by atoms with E-state index in [1.807, 2.05) is 0 Å². The van der Waals surface area contributed by atoms with Gasteiger partial charge in [-0.15, -0.1) is 0 Å². The molecule has 0 bridgehead atoms. The molecule has 1 aliphatic rings. The van der Waals surface area contributed by atoms with E-state index in [0.717, 1.165) is 25.4 Å². The number of nitrogens with zero attached hydrogens (tertiary/aromatic N) is 1. The average molecular weight is 226 g/mol. The fraction of sp³-hybridized carbons (Fsp3) is 1.00. The predicted octanol–water partition coefficient (Wildman–Crippen LogP) is 3.16. The van der Waals surface area contributed by atoms with E-state index in [0.29, 0.717) is 0 Å². The molecule has 0 saturated carbocycles. The van der Waals surface area contributed by atoms with Gasteiger partial charge in [-0.1, -0.05) is 33.6 Å². The molecule has 1 heterocycles. The van der Waals surface area contributed by atoms with Crippen molar-refractivity contribution in [3.05, 3.63) is 0 Å². The molecule has 2 heteroatoms. The maximum Gasteiger partial charge on any atom is 0.0278 e. The first-order valence-electron chi connectivity index (χ1n) is 7.18. The summed E-state index contributed by atoms with van der Waals surface area (Å²) in [5.74, 6) is 0. The molecule has 0 aromatic carbocycles. The third-order valence-corrected chi connectivity index (χ3v) is 4.30. The van der Waals surface area contributed by atoms with Crippen molar-refractivity contribution in [2.24, 2.45) is 5.73 Å². The van der Waals surface area contributed by atoms with Crippen LogP contribution in [0.3, 0.4) is 0 Å². The molecule has 0 radical (unpaired) electrons. The molecule has 0 aromatic heterocycles. The summed E-state index contributed by atoms with van der Waals surface area (Å²) in [6.45, 7) is 9.11. The first-order chi connectivity index (χ1) is 7.65. The zero-order chi connectivity index (χ0) is 12.0. The lowest BCUT2D eigenvalue weighted by atomic mass is 9.90. The molecule has 2 nitrogen and oxygen atoms in total. The molecule has 1 aliphatic heterocycles. The van der Waals surface area contributed by atoms with E-state index in [4.69, 9.17) is 5.73 Å². The fourth-order valence-corrected chi connectivity index (χ4v) is 2.81. The molecule has 0 spiro atoms. The maximum atomic E-state index is 6.44. The molecule has 1 atom stereocenters. The predicted molar refractivity (Wildman–Crippen MR) is 71.6 cm³/mol. The Balaban J connectivity index is 2.54. The number of nitrogens with two attached hydrogens (primary N) is 1. The number of hydrogen-bond acceptors (Lipinski definition) is 2. The van der Waals surface area contributed by atoms with Gasteiger partial charge < -0.3 is 5.73 Å². The van der Waals surface area contributed by atoms with Crippen molar-refractivity contribution in [1.82, 2.24) is 4.90 Å². The minimum Gasteiger partial charge on any atom is -0.324 e. The summed E-state index contributed by atoms with van der Waals surface area (Å²) in [5, 5.41) is 0. The second-order valence-electron chi connectivity index (χ2n) is 5.48. The third kappa shape index (κ3) is 3.74. The quantitative estimate of drug-likeness (QED) is 0.754. The van der Waals surface area contributed by atoms with Crippen molar-refractivity contribution in [2.75, 3.05) is 13.1 Å². The van der Waals surface area contributed by atoms with Crippen LogP contribution in [0.2, 0.25) is 0 Å². The van der Waals surface area contributed by atoms with E-state index in [-0.39, 0.29) is 5.54 Å². The van der Waals surface area contributed by atoms with Crippen molar-refractivity contribution in [2.45, 2.75) is 77.3 Å². The van der Waals surface area contributed by atoms with Crippen molar-refractivity contribution >= 4 is 0 Å². The van der Waals surface area contributed by atoms with E-state index >= 15 is 0 Å². The highest BCUT2D eigenvalue weighted by Crippen LogP contribution is 2.24. The summed E-state index contributed by atoms with van der Waals surface area (Å²) in [7, 11) is 0. The molecule has 0 amide bonds. The van der Waals surface area contributed by atoms with Gasteiger partial charge in [0.15, 0.2) is 0 Å². The fourth-order valence-electron chi connectivity index (χ4n) is 2.81. The first kappa shape index (κ1) is 14.0. The van der Waals surface area contributed by atoms with E-state index < -0.39 is 0 Å². The Kier molecular flexibility index (Phi) is 5.77. The van der Waals surface area contributed by atoms with E-state index in [1.165, 1.54) is 38.6 Å². The molecular formula is C14H30N2. The Morgan fingerprint density at radius 3 is 2.44 bits per heavy atom. The maximum absolute atomic E-state index is 6.44. The second kappa shape index (κ2) is 6.61. The van der Waals surface area contributed by atoms with Crippen LogP contribution in [0.25, 0.3) is 0 Å². The number of rotatable bonds is 6. The zero-order valence-electron chi connectivity index (χ0n) is 11.5. The summed E-state index contributed by atoms with van der Waals surface area (Å²) >= 11 is 0. The molecule has 1 rings (SSSR count). The Bertz CT molecular complexity index is 185. The summed E-state index contributed by atoms with van der Waals surface area (Å²) < 4.78 is 0. The van der Waals surface area contributed by atoms with Crippen LogP contribution in [0.4, 0.5) is 0 Å². The van der Waals surface area contributed by atoms with Gasteiger partial charge in [0, 0.05) is 18.1 Å². The average Bonchev–Trinajstić information content (AvgIpc) is 2.32. The first-order valence-corrected chi connectivity index (χ1v) is 7.18. The van der Waals surface area contributed by atoms with Crippen LogP contribution in [0.1, 0.15) is 65.7 Å². The molecular weight excluding hydrogens is 196 g/mol.